The lowest BCUT2D eigenvalue weighted by atomic mass is 9.98. The van der Waals surface area contributed by atoms with E-state index in [0.717, 1.165) is 128 Å². The number of ether oxygens (including phenoxy) is 5. The van der Waals surface area contributed by atoms with Crippen LogP contribution in [0.4, 0.5) is 0 Å². The highest BCUT2D eigenvalue weighted by Crippen LogP contribution is 2.26. The van der Waals surface area contributed by atoms with Crippen LogP contribution in [0.5, 0.6) is 0 Å². The van der Waals surface area contributed by atoms with Crippen LogP contribution in [0.2, 0.25) is 0 Å². The van der Waals surface area contributed by atoms with Gasteiger partial charge in [0.25, 0.3) is 0 Å². The molecule has 65 heavy (non-hydrogen) atoms. The van der Waals surface area contributed by atoms with Crippen molar-refractivity contribution in [3.05, 3.63) is 48.6 Å². The Morgan fingerprint density at radius 1 is 0.508 bits per heavy atom. The lowest BCUT2D eigenvalue weighted by Crippen LogP contribution is -2.61. The van der Waals surface area contributed by atoms with Crippen molar-refractivity contribution in [2.75, 3.05) is 13.2 Å². The van der Waals surface area contributed by atoms with E-state index in [1.54, 1.807) is 0 Å². The fourth-order valence-electron chi connectivity index (χ4n) is 7.38. The van der Waals surface area contributed by atoms with Crippen LogP contribution in [0, 0.1) is 0 Å². The maximum atomic E-state index is 13.0. The molecule has 0 aromatic rings. The molecule has 0 aromatic carbocycles. The third kappa shape index (κ3) is 32.9. The summed E-state index contributed by atoms with van der Waals surface area (Å²) in [5.41, 5.74) is 0. The summed E-state index contributed by atoms with van der Waals surface area (Å²) in [7, 11) is 0. The Kier molecular flexibility index (Phi) is 38.6. The molecule has 1 rings (SSSR count). The van der Waals surface area contributed by atoms with Crippen molar-refractivity contribution in [1.82, 2.24) is 0 Å². The summed E-state index contributed by atoms with van der Waals surface area (Å²) in [6.07, 6.45) is 35.4. The first kappa shape index (κ1) is 59.7. The number of allylic oxidation sites excluding steroid dienone is 8. The molecule has 12 heteroatoms. The summed E-state index contributed by atoms with van der Waals surface area (Å²) in [5.74, 6) is -3.16. The molecule has 374 valence electrons. The molecule has 1 fully saturated rings. The zero-order valence-corrected chi connectivity index (χ0v) is 40.7. The van der Waals surface area contributed by atoms with Gasteiger partial charge in [-0.2, -0.15) is 0 Å². The topological polar surface area (TPSA) is 175 Å². The van der Waals surface area contributed by atoms with Gasteiger partial charge in [0.2, 0.25) is 0 Å². The SMILES string of the molecule is CCC/C=C\C/C=C\CCCCCCCC(=O)OCC(COC1OC(C(=O)O)C(O)C(O)C1OC(=O)CCCCCCCCCCC)OC(=O)CCCCCCC/C=C\C/C=C\CCC. The average molecular weight is 919 g/mol. The van der Waals surface area contributed by atoms with Gasteiger partial charge >= 0.3 is 23.9 Å². The van der Waals surface area contributed by atoms with E-state index in [4.69, 9.17) is 23.7 Å². The van der Waals surface area contributed by atoms with E-state index in [-0.39, 0.29) is 25.9 Å². The molecule has 6 unspecified atom stereocenters. The standard InChI is InChI=1S/C53H90O12/c1-4-7-10-13-16-19-21-23-25-28-30-33-36-39-45(54)61-42-44(63-46(55)40-37-34-32-29-26-24-22-20-17-14-11-8-5-2)43-62-53-51(49(58)48(57)50(65-53)52(59)60)64-47(56)41-38-35-31-27-18-15-12-9-6-3/h10-11,13-14,19-22,44,48-51,53,57-58H,4-9,12,15-18,23-43H2,1-3H3,(H,59,60)/b13-10-,14-11-,21-19-,22-20-. The van der Waals surface area contributed by atoms with Gasteiger partial charge in [0, 0.05) is 19.3 Å². The molecule has 1 saturated heterocycles. The number of hydrogen-bond acceptors (Lipinski definition) is 11. The van der Waals surface area contributed by atoms with Gasteiger partial charge in [-0.05, 0) is 70.6 Å². The molecule has 3 N–H and O–H groups in total. The number of carboxylic acids is 1. The van der Waals surface area contributed by atoms with Crippen LogP contribution in [-0.2, 0) is 42.9 Å². The first-order valence-corrected chi connectivity index (χ1v) is 25.6. The predicted molar refractivity (Wildman–Crippen MR) is 257 cm³/mol. The Hall–Kier alpha value is -3.32. The van der Waals surface area contributed by atoms with Crippen molar-refractivity contribution in [3.8, 4) is 0 Å². The average Bonchev–Trinajstić information content (AvgIpc) is 3.29. The number of hydrogen-bond donors (Lipinski definition) is 3. The van der Waals surface area contributed by atoms with Gasteiger partial charge in [-0.3, -0.25) is 14.4 Å². The van der Waals surface area contributed by atoms with Gasteiger partial charge in [-0.1, -0.05) is 172 Å². The number of carbonyl (C=O) groups is 4. The van der Waals surface area contributed by atoms with Gasteiger partial charge < -0.3 is 39.0 Å². The summed E-state index contributed by atoms with van der Waals surface area (Å²) in [4.78, 5) is 50.7. The molecular formula is C53H90O12. The summed E-state index contributed by atoms with van der Waals surface area (Å²) < 4.78 is 28.2. The third-order valence-electron chi connectivity index (χ3n) is 11.3. The Bertz CT molecular complexity index is 1330. The van der Waals surface area contributed by atoms with Gasteiger partial charge in [0.15, 0.2) is 24.6 Å². The largest absolute Gasteiger partial charge is 0.479 e. The molecule has 0 radical (unpaired) electrons. The highest BCUT2D eigenvalue weighted by atomic mass is 16.7. The van der Waals surface area contributed by atoms with Crippen molar-refractivity contribution in [2.45, 2.75) is 250 Å². The third-order valence-corrected chi connectivity index (χ3v) is 11.3. The summed E-state index contributed by atoms with van der Waals surface area (Å²) in [6, 6.07) is 0. The second-order valence-electron chi connectivity index (χ2n) is 17.5. The molecule has 1 aliphatic rings. The second kappa shape index (κ2) is 42.1. The molecule has 0 amide bonds. The number of carbonyl (C=O) groups excluding carboxylic acids is 3. The van der Waals surface area contributed by atoms with Crippen molar-refractivity contribution >= 4 is 23.9 Å². The van der Waals surface area contributed by atoms with Crippen LogP contribution in [-0.4, -0.2) is 89.2 Å². The molecule has 0 bridgehead atoms. The Labute approximate surface area is 393 Å². The van der Waals surface area contributed by atoms with E-state index in [1.807, 2.05) is 0 Å². The second-order valence-corrected chi connectivity index (χ2v) is 17.5. The fourth-order valence-corrected chi connectivity index (χ4v) is 7.38. The Morgan fingerprint density at radius 3 is 1.45 bits per heavy atom. The van der Waals surface area contributed by atoms with E-state index in [0.29, 0.717) is 19.3 Å². The summed E-state index contributed by atoms with van der Waals surface area (Å²) in [5, 5.41) is 31.2. The lowest BCUT2D eigenvalue weighted by molar-refractivity contribution is -0.301. The zero-order valence-electron chi connectivity index (χ0n) is 40.7. The van der Waals surface area contributed by atoms with Gasteiger partial charge in [0.1, 0.15) is 18.8 Å². The number of esters is 3. The van der Waals surface area contributed by atoms with E-state index >= 15 is 0 Å². The van der Waals surface area contributed by atoms with Crippen LogP contribution in [0.25, 0.3) is 0 Å². The zero-order chi connectivity index (χ0) is 47.6. The van der Waals surface area contributed by atoms with E-state index in [2.05, 4.69) is 69.4 Å². The van der Waals surface area contributed by atoms with Gasteiger partial charge in [-0.25, -0.2) is 4.79 Å². The van der Waals surface area contributed by atoms with Crippen LogP contribution >= 0.6 is 0 Å². The molecular weight excluding hydrogens is 829 g/mol. The molecule has 0 saturated carbocycles. The molecule has 0 spiro atoms. The van der Waals surface area contributed by atoms with Crippen LogP contribution < -0.4 is 0 Å². The number of unbranched alkanes of at least 4 members (excludes halogenated alkanes) is 20. The van der Waals surface area contributed by atoms with E-state index in [1.165, 1.54) is 25.7 Å². The maximum absolute atomic E-state index is 13.0. The van der Waals surface area contributed by atoms with Gasteiger partial charge in [-0.15, -0.1) is 0 Å². The van der Waals surface area contributed by atoms with E-state index < -0.39 is 67.3 Å². The number of rotatable bonds is 42. The maximum Gasteiger partial charge on any atom is 0.335 e. The monoisotopic (exact) mass is 919 g/mol. The van der Waals surface area contributed by atoms with Crippen LogP contribution in [0.1, 0.15) is 213 Å². The smallest absolute Gasteiger partial charge is 0.335 e. The van der Waals surface area contributed by atoms with Gasteiger partial charge in [0.05, 0.1) is 6.61 Å². The number of carboxylic acid groups (broad SMARTS) is 1. The quantitative estimate of drug-likeness (QED) is 0.0229. The Balaban J connectivity index is 2.76. The van der Waals surface area contributed by atoms with Crippen molar-refractivity contribution in [3.63, 3.8) is 0 Å². The highest BCUT2D eigenvalue weighted by molar-refractivity contribution is 5.74. The van der Waals surface area contributed by atoms with E-state index in [9.17, 15) is 34.5 Å². The lowest BCUT2D eigenvalue weighted by Gasteiger charge is -2.40. The summed E-state index contributed by atoms with van der Waals surface area (Å²) >= 11 is 0. The van der Waals surface area contributed by atoms with Crippen molar-refractivity contribution < 1.29 is 58.2 Å². The molecule has 0 aromatic heterocycles. The first-order chi connectivity index (χ1) is 31.6. The van der Waals surface area contributed by atoms with Crippen LogP contribution in [0.15, 0.2) is 48.6 Å². The number of aliphatic hydroxyl groups is 2. The minimum absolute atomic E-state index is 0.0586. The summed E-state index contributed by atoms with van der Waals surface area (Å²) in [6.45, 7) is 5.78. The molecule has 1 heterocycles. The molecule has 1 aliphatic heterocycles. The minimum Gasteiger partial charge on any atom is -0.479 e. The highest BCUT2D eigenvalue weighted by Gasteiger charge is 2.50. The Morgan fingerprint density at radius 2 is 0.954 bits per heavy atom. The first-order valence-electron chi connectivity index (χ1n) is 25.6. The number of aliphatic hydroxyl groups excluding tert-OH is 2. The molecule has 0 aliphatic carbocycles. The predicted octanol–water partition coefficient (Wildman–Crippen LogP) is 11.9. The van der Waals surface area contributed by atoms with Crippen molar-refractivity contribution in [2.24, 2.45) is 0 Å². The minimum atomic E-state index is -1.90. The molecule has 12 nitrogen and oxygen atoms in total. The fraction of sp³-hybridized carbons (Fsp3) is 0.774. The van der Waals surface area contributed by atoms with Crippen LogP contribution in [0.3, 0.4) is 0 Å². The molecule has 6 atom stereocenters. The normalized spacial score (nSPS) is 19.4. The number of aliphatic carboxylic acids is 1. The van der Waals surface area contributed by atoms with Crippen molar-refractivity contribution in [1.29, 1.82) is 0 Å².